The largest absolute Gasteiger partial charge is 0.465 e. The second-order valence-electron chi connectivity index (χ2n) is 9.39. The maximum atomic E-state index is 11.2. The number of anilines is 3. The van der Waals surface area contributed by atoms with Crippen LogP contribution in [0.2, 0.25) is 0 Å². The van der Waals surface area contributed by atoms with Crippen LogP contribution in [0, 0.1) is 0 Å². The average Bonchev–Trinajstić information content (AvgIpc) is 3.42. The van der Waals surface area contributed by atoms with Crippen molar-refractivity contribution in [3.63, 3.8) is 0 Å². The van der Waals surface area contributed by atoms with Crippen LogP contribution < -0.4 is 10.2 Å². The number of hydrogen-bond donors (Lipinski definition) is 2. The zero-order valence-electron chi connectivity index (χ0n) is 21.6. The number of aromatic nitrogens is 6. The Kier molecular flexibility index (Phi) is 6.99. The summed E-state index contributed by atoms with van der Waals surface area (Å²) in [4.78, 5) is 32.5. The minimum Gasteiger partial charge on any atom is -0.465 e. The maximum Gasteiger partial charge on any atom is 0.407 e. The highest BCUT2D eigenvalue weighted by molar-refractivity contribution is 5.78. The summed E-state index contributed by atoms with van der Waals surface area (Å²) in [6.45, 7) is 2.90. The molecule has 5 aromatic rings. The van der Waals surface area contributed by atoms with Gasteiger partial charge >= 0.3 is 6.09 Å². The van der Waals surface area contributed by atoms with Gasteiger partial charge in [0.15, 0.2) is 0 Å². The summed E-state index contributed by atoms with van der Waals surface area (Å²) in [6.07, 6.45) is 9.97. The van der Waals surface area contributed by atoms with E-state index in [4.69, 9.17) is 10.1 Å². The van der Waals surface area contributed by atoms with Crippen molar-refractivity contribution in [1.82, 2.24) is 34.6 Å². The fourth-order valence-electron chi connectivity index (χ4n) is 4.69. The normalized spacial score (nSPS) is 13.3. The first-order valence-corrected chi connectivity index (χ1v) is 12.9. The first-order valence-electron chi connectivity index (χ1n) is 12.9. The van der Waals surface area contributed by atoms with Gasteiger partial charge in [-0.3, -0.25) is 14.6 Å². The van der Waals surface area contributed by atoms with Crippen LogP contribution in [0.4, 0.5) is 22.1 Å². The summed E-state index contributed by atoms with van der Waals surface area (Å²) in [7, 11) is 0. The molecule has 0 aliphatic carbocycles. The van der Waals surface area contributed by atoms with Crippen LogP contribution in [0.3, 0.4) is 0 Å². The van der Waals surface area contributed by atoms with Crippen LogP contribution in [0.5, 0.6) is 0 Å². The van der Waals surface area contributed by atoms with Gasteiger partial charge < -0.3 is 20.2 Å². The third kappa shape index (κ3) is 5.58. The smallest absolute Gasteiger partial charge is 0.407 e. The zero-order chi connectivity index (χ0) is 27.3. The molecular formula is C29H27N9O2. The van der Waals surface area contributed by atoms with E-state index in [1.54, 1.807) is 24.8 Å². The molecule has 0 saturated carbocycles. The van der Waals surface area contributed by atoms with Crippen molar-refractivity contribution in [2.24, 2.45) is 0 Å². The molecule has 1 saturated heterocycles. The van der Waals surface area contributed by atoms with Gasteiger partial charge in [-0.15, -0.1) is 0 Å². The van der Waals surface area contributed by atoms with Crippen molar-refractivity contribution < 1.29 is 9.90 Å². The van der Waals surface area contributed by atoms with E-state index in [1.165, 1.54) is 4.90 Å². The quantitative estimate of drug-likeness (QED) is 0.313. The first-order chi connectivity index (χ1) is 19.6. The molecule has 0 bridgehead atoms. The summed E-state index contributed by atoms with van der Waals surface area (Å²) < 4.78 is 1.89. The van der Waals surface area contributed by atoms with Crippen LogP contribution in [-0.2, 0) is 6.54 Å². The predicted octanol–water partition coefficient (Wildman–Crippen LogP) is 4.39. The third-order valence-electron chi connectivity index (χ3n) is 6.73. The van der Waals surface area contributed by atoms with Crippen LogP contribution in [0.1, 0.15) is 5.56 Å². The Balaban J connectivity index is 1.22. The molecule has 1 amide bonds. The van der Waals surface area contributed by atoms with Gasteiger partial charge in [0.05, 0.1) is 12.2 Å². The van der Waals surface area contributed by atoms with Crippen molar-refractivity contribution in [3.05, 3.63) is 97.3 Å². The molecule has 1 aliphatic rings. The van der Waals surface area contributed by atoms with E-state index in [2.05, 4.69) is 25.2 Å². The van der Waals surface area contributed by atoms with Crippen molar-refractivity contribution in [2.45, 2.75) is 6.54 Å². The fraction of sp³-hybridized carbons (Fsp3) is 0.172. The van der Waals surface area contributed by atoms with E-state index in [0.717, 1.165) is 39.5 Å². The summed E-state index contributed by atoms with van der Waals surface area (Å²) in [5.41, 5.74) is 6.24. The Bertz CT molecular complexity index is 1580. The average molecular weight is 534 g/mol. The lowest BCUT2D eigenvalue weighted by atomic mass is 10.1. The molecule has 4 aromatic heterocycles. The van der Waals surface area contributed by atoms with E-state index in [0.29, 0.717) is 38.7 Å². The van der Waals surface area contributed by atoms with Gasteiger partial charge in [0, 0.05) is 85.9 Å². The number of hydrogen-bond acceptors (Lipinski definition) is 8. The van der Waals surface area contributed by atoms with E-state index in [-0.39, 0.29) is 0 Å². The highest BCUT2D eigenvalue weighted by atomic mass is 16.4. The molecule has 6 rings (SSSR count). The predicted molar refractivity (Wildman–Crippen MR) is 151 cm³/mol. The second-order valence-corrected chi connectivity index (χ2v) is 9.39. The first kappa shape index (κ1) is 25.0. The molecule has 0 atom stereocenters. The Morgan fingerprint density at radius 2 is 1.68 bits per heavy atom. The van der Waals surface area contributed by atoms with Gasteiger partial charge in [-0.1, -0.05) is 6.07 Å². The number of amides is 1. The van der Waals surface area contributed by atoms with E-state index >= 15 is 0 Å². The molecule has 0 radical (unpaired) electrons. The molecule has 0 unspecified atom stereocenters. The summed E-state index contributed by atoms with van der Waals surface area (Å²) in [6, 6.07) is 17.7. The molecule has 11 heteroatoms. The van der Waals surface area contributed by atoms with Crippen molar-refractivity contribution in [3.8, 4) is 22.5 Å². The highest BCUT2D eigenvalue weighted by Gasteiger charge is 2.20. The van der Waals surface area contributed by atoms with Gasteiger partial charge in [0.2, 0.25) is 5.95 Å². The summed E-state index contributed by atoms with van der Waals surface area (Å²) in [5, 5.41) is 17.3. The van der Waals surface area contributed by atoms with E-state index < -0.39 is 6.09 Å². The SMILES string of the molecule is O=C(O)N1CCN(c2ccc(Nc3nccc(-c4cn(Cc5cccnc5)nc4-c4cccnc4)n3)cc2)CC1. The lowest BCUT2D eigenvalue weighted by molar-refractivity contribution is 0.142. The molecule has 5 heterocycles. The Morgan fingerprint density at radius 1 is 0.900 bits per heavy atom. The molecule has 200 valence electrons. The van der Waals surface area contributed by atoms with Crippen LogP contribution in [0.25, 0.3) is 22.5 Å². The number of nitrogens with zero attached hydrogens (tertiary/aromatic N) is 8. The minimum absolute atomic E-state index is 0.470. The molecule has 1 fully saturated rings. The maximum absolute atomic E-state index is 11.2. The van der Waals surface area contributed by atoms with Gasteiger partial charge in [0.1, 0.15) is 5.69 Å². The van der Waals surface area contributed by atoms with Gasteiger partial charge in [-0.25, -0.2) is 14.8 Å². The van der Waals surface area contributed by atoms with Crippen molar-refractivity contribution in [1.29, 1.82) is 0 Å². The van der Waals surface area contributed by atoms with E-state index in [1.807, 2.05) is 71.7 Å². The Hall–Kier alpha value is -5.32. The summed E-state index contributed by atoms with van der Waals surface area (Å²) in [5.74, 6) is 0.470. The molecule has 0 spiro atoms. The lowest BCUT2D eigenvalue weighted by Crippen LogP contribution is -2.48. The molecule has 1 aliphatic heterocycles. The number of rotatable bonds is 7. The second kappa shape index (κ2) is 11.2. The van der Waals surface area contributed by atoms with Crippen LogP contribution in [-0.4, -0.2) is 72.0 Å². The van der Waals surface area contributed by atoms with Crippen molar-refractivity contribution >= 4 is 23.4 Å². The molecule has 11 nitrogen and oxygen atoms in total. The molecular weight excluding hydrogens is 506 g/mol. The summed E-state index contributed by atoms with van der Waals surface area (Å²) >= 11 is 0. The van der Waals surface area contributed by atoms with Crippen molar-refractivity contribution in [2.75, 3.05) is 36.4 Å². The number of benzene rings is 1. The van der Waals surface area contributed by atoms with Crippen LogP contribution >= 0.6 is 0 Å². The monoisotopic (exact) mass is 533 g/mol. The third-order valence-corrected chi connectivity index (χ3v) is 6.73. The minimum atomic E-state index is -0.866. The molecule has 2 N–H and O–H groups in total. The van der Waals surface area contributed by atoms with E-state index in [9.17, 15) is 9.90 Å². The van der Waals surface area contributed by atoms with Crippen LogP contribution in [0.15, 0.2) is 91.8 Å². The Labute approximate surface area is 230 Å². The number of carboxylic acid groups (broad SMARTS) is 1. The molecule has 1 aromatic carbocycles. The topological polar surface area (TPSA) is 125 Å². The Morgan fingerprint density at radius 3 is 2.38 bits per heavy atom. The zero-order valence-corrected chi connectivity index (χ0v) is 21.6. The highest BCUT2D eigenvalue weighted by Crippen LogP contribution is 2.30. The van der Waals surface area contributed by atoms with Gasteiger partial charge in [-0.2, -0.15) is 5.10 Å². The van der Waals surface area contributed by atoms with Gasteiger partial charge in [-0.05, 0) is 54.1 Å². The fourth-order valence-corrected chi connectivity index (χ4v) is 4.69. The molecule has 40 heavy (non-hydrogen) atoms. The lowest BCUT2D eigenvalue weighted by Gasteiger charge is -2.34. The standard InChI is InChI=1S/C29H27N9O2/c39-29(40)37-15-13-36(14-16-37)24-7-5-23(6-8-24)33-28-32-12-9-26(34-28)25-20-38(19-21-3-1-10-30-17-21)35-27(25)22-4-2-11-31-18-22/h1-12,17-18,20H,13-16,19H2,(H,39,40)(H,32,33,34). The number of nitrogens with one attached hydrogen (secondary N) is 1. The number of piperazine rings is 1. The number of carbonyl (C=O) groups is 1. The van der Waals surface area contributed by atoms with Gasteiger partial charge in [0.25, 0.3) is 0 Å². The number of pyridine rings is 2.